The number of para-hydroxylation sites is 1. The Morgan fingerprint density at radius 1 is 1.42 bits per heavy atom. The Labute approximate surface area is 112 Å². The van der Waals surface area contributed by atoms with Gasteiger partial charge in [-0.3, -0.25) is 4.79 Å². The number of hydrogen-bond acceptors (Lipinski definition) is 4. The van der Waals surface area contributed by atoms with Crippen molar-refractivity contribution in [3.8, 4) is 5.75 Å². The van der Waals surface area contributed by atoms with Gasteiger partial charge in [-0.25, -0.2) is 8.42 Å². The molecule has 0 saturated heterocycles. The largest absolute Gasteiger partial charge is 0.488 e. The van der Waals surface area contributed by atoms with Crippen LogP contribution in [0.4, 0.5) is 0 Å². The summed E-state index contributed by atoms with van der Waals surface area (Å²) in [5, 5.41) is 2.09. The molecule has 0 saturated carbocycles. The fourth-order valence-corrected chi connectivity index (χ4v) is 3.46. The molecule has 1 aromatic carbocycles. The first kappa shape index (κ1) is 13.9. The smallest absolute Gasteiger partial charge is 0.217 e. The van der Waals surface area contributed by atoms with Crippen LogP contribution in [0, 0.1) is 0 Å². The van der Waals surface area contributed by atoms with E-state index in [1.807, 2.05) is 0 Å². The molecule has 1 aromatic rings. The van der Waals surface area contributed by atoms with Crippen molar-refractivity contribution in [2.24, 2.45) is 0 Å². The average molecular weight is 283 g/mol. The molecule has 1 N–H and O–H groups in total. The summed E-state index contributed by atoms with van der Waals surface area (Å²) in [7, 11) is -3.20. The standard InChI is InChI=1S/C13H17NO4S/c1-9(15)14-8-10-7-13(19(2,16)17)11-5-3-4-6-12(11)18-10/h3-6,10,13H,7-8H2,1-2H3,(H,14,15). The van der Waals surface area contributed by atoms with E-state index in [1.54, 1.807) is 24.3 Å². The number of amides is 1. The molecule has 1 aliphatic rings. The van der Waals surface area contributed by atoms with Gasteiger partial charge >= 0.3 is 0 Å². The number of fused-ring (bicyclic) bond motifs is 1. The van der Waals surface area contributed by atoms with E-state index in [0.717, 1.165) is 0 Å². The molecule has 1 aliphatic heterocycles. The Kier molecular flexibility index (Phi) is 3.80. The van der Waals surface area contributed by atoms with E-state index in [4.69, 9.17) is 4.74 Å². The molecule has 0 aromatic heterocycles. The van der Waals surface area contributed by atoms with Gasteiger partial charge in [0.15, 0.2) is 9.84 Å². The molecule has 2 atom stereocenters. The Morgan fingerprint density at radius 2 is 2.11 bits per heavy atom. The predicted molar refractivity (Wildman–Crippen MR) is 71.7 cm³/mol. The number of carbonyl (C=O) groups excluding carboxylic acids is 1. The Balaban J connectivity index is 2.27. The summed E-state index contributed by atoms with van der Waals surface area (Å²) in [6.07, 6.45) is 1.27. The molecule has 19 heavy (non-hydrogen) atoms. The van der Waals surface area contributed by atoms with Crippen LogP contribution in [-0.4, -0.2) is 33.2 Å². The molecule has 0 fully saturated rings. The lowest BCUT2D eigenvalue weighted by molar-refractivity contribution is -0.119. The Morgan fingerprint density at radius 3 is 2.74 bits per heavy atom. The summed E-state index contributed by atoms with van der Waals surface area (Å²) >= 11 is 0. The Hall–Kier alpha value is -1.56. The molecule has 2 unspecified atom stereocenters. The second-order valence-electron chi connectivity index (χ2n) is 4.77. The fourth-order valence-electron chi connectivity index (χ4n) is 2.24. The van der Waals surface area contributed by atoms with Gasteiger partial charge in [0.25, 0.3) is 0 Å². The molecule has 1 amide bonds. The second kappa shape index (κ2) is 5.21. The number of rotatable bonds is 3. The quantitative estimate of drug-likeness (QED) is 0.900. The highest BCUT2D eigenvalue weighted by Crippen LogP contribution is 2.38. The molecule has 104 valence electrons. The SMILES string of the molecule is CC(=O)NCC1CC(S(C)(=O)=O)c2ccccc2O1. The van der Waals surface area contributed by atoms with Gasteiger partial charge in [-0.05, 0) is 6.07 Å². The van der Waals surface area contributed by atoms with Crippen LogP contribution in [-0.2, 0) is 14.6 Å². The summed E-state index contributed by atoms with van der Waals surface area (Å²) in [4.78, 5) is 10.9. The van der Waals surface area contributed by atoms with Crippen molar-refractivity contribution in [1.29, 1.82) is 0 Å². The monoisotopic (exact) mass is 283 g/mol. The zero-order valence-electron chi connectivity index (χ0n) is 10.9. The fraction of sp³-hybridized carbons (Fsp3) is 0.462. The minimum absolute atomic E-state index is 0.154. The molecule has 0 aliphatic carbocycles. The van der Waals surface area contributed by atoms with Gasteiger partial charge in [0.2, 0.25) is 5.91 Å². The van der Waals surface area contributed by atoms with E-state index < -0.39 is 15.1 Å². The number of hydrogen-bond donors (Lipinski definition) is 1. The van der Waals surface area contributed by atoms with Crippen molar-refractivity contribution in [1.82, 2.24) is 5.32 Å². The lowest BCUT2D eigenvalue weighted by Gasteiger charge is -2.31. The lowest BCUT2D eigenvalue weighted by Crippen LogP contribution is -2.38. The highest BCUT2D eigenvalue weighted by molar-refractivity contribution is 7.90. The maximum absolute atomic E-state index is 11.9. The van der Waals surface area contributed by atoms with Crippen LogP contribution >= 0.6 is 0 Å². The van der Waals surface area contributed by atoms with Crippen molar-refractivity contribution in [2.45, 2.75) is 24.7 Å². The van der Waals surface area contributed by atoms with Crippen molar-refractivity contribution in [3.05, 3.63) is 29.8 Å². The third-order valence-electron chi connectivity index (χ3n) is 3.13. The number of ether oxygens (including phenoxy) is 1. The van der Waals surface area contributed by atoms with E-state index >= 15 is 0 Å². The van der Waals surface area contributed by atoms with Crippen LogP contribution in [0.15, 0.2) is 24.3 Å². The maximum atomic E-state index is 11.9. The van der Waals surface area contributed by atoms with Crippen molar-refractivity contribution < 1.29 is 17.9 Å². The average Bonchev–Trinajstić information content (AvgIpc) is 2.34. The zero-order chi connectivity index (χ0) is 14.0. The number of carbonyl (C=O) groups is 1. The maximum Gasteiger partial charge on any atom is 0.217 e. The zero-order valence-corrected chi connectivity index (χ0v) is 11.7. The van der Waals surface area contributed by atoms with Gasteiger partial charge in [0.05, 0.1) is 11.8 Å². The lowest BCUT2D eigenvalue weighted by atomic mass is 10.0. The molecular weight excluding hydrogens is 266 g/mol. The van der Waals surface area contributed by atoms with Crippen molar-refractivity contribution in [2.75, 3.05) is 12.8 Å². The van der Waals surface area contributed by atoms with Crippen LogP contribution < -0.4 is 10.1 Å². The van der Waals surface area contributed by atoms with Crippen LogP contribution in [0.25, 0.3) is 0 Å². The summed E-state index contributed by atoms with van der Waals surface area (Å²) in [6, 6.07) is 7.14. The first-order valence-corrected chi connectivity index (χ1v) is 8.02. The van der Waals surface area contributed by atoms with Gasteiger partial charge in [-0.15, -0.1) is 0 Å². The number of nitrogens with one attached hydrogen (secondary N) is 1. The van der Waals surface area contributed by atoms with E-state index in [9.17, 15) is 13.2 Å². The number of sulfone groups is 1. The van der Waals surface area contributed by atoms with Crippen LogP contribution in [0.5, 0.6) is 5.75 Å². The van der Waals surface area contributed by atoms with E-state index in [-0.39, 0.29) is 12.0 Å². The highest BCUT2D eigenvalue weighted by Gasteiger charge is 2.34. The molecule has 0 radical (unpaired) electrons. The third kappa shape index (κ3) is 3.26. The molecular formula is C13H17NO4S. The third-order valence-corrected chi connectivity index (χ3v) is 4.61. The minimum Gasteiger partial charge on any atom is -0.488 e. The molecule has 6 heteroatoms. The van der Waals surface area contributed by atoms with Gasteiger partial charge in [0.1, 0.15) is 11.9 Å². The normalized spacial score (nSPS) is 22.2. The van der Waals surface area contributed by atoms with Gasteiger partial charge in [-0.1, -0.05) is 18.2 Å². The van der Waals surface area contributed by atoms with Crippen molar-refractivity contribution in [3.63, 3.8) is 0 Å². The Bertz CT molecular complexity index is 582. The van der Waals surface area contributed by atoms with Crippen LogP contribution in [0.2, 0.25) is 0 Å². The van der Waals surface area contributed by atoms with Crippen molar-refractivity contribution >= 4 is 15.7 Å². The first-order chi connectivity index (χ1) is 8.88. The first-order valence-electron chi connectivity index (χ1n) is 6.07. The van der Waals surface area contributed by atoms with E-state index in [0.29, 0.717) is 24.3 Å². The molecule has 5 nitrogen and oxygen atoms in total. The summed E-state index contributed by atoms with van der Waals surface area (Å²) in [5.74, 6) is 0.429. The van der Waals surface area contributed by atoms with Gasteiger partial charge < -0.3 is 10.1 Å². The highest BCUT2D eigenvalue weighted by atomic mass is 32.2. The summed E-state index contributed by atoms with van der Waals surface area (Å²) < 4.78 is 29.5. The summed E-state index contributed by atoms with van der Waals surface area (Å²) in [6.45, 7) is 1.74. The second-order valence-corrected chi connectivity index (χ2v) is 7.00. The number of benzene rings is 1. The predicted octanol–water partition coefficient (Wildman–Crippen LogP) is 1.06. The van der Waals surface area contributed by atoms with E-state index in [1.165, 1.54) is 13.2 Å². The molecule has 1 heterocycles. The molecule has 0 bridgehead atoms. The van der Waals surface area contributed by atoms with Crippen LogP contribution in [0.3, 0.4) is 0 Å². The van der Waals surface area contributed by atoms with Gasteiger partial charge in [0, 0.05) is 25.2 Å². The van der Waals surface area contributed by atoms with Crippen LogP contribution in [0.1, 0.15) is 24.2 Å². The van der Waals surface area contributed by atoms with E-state index in [2.05, 4.69) is 5.32 Å². The van der Waals surface area contributed by atoms with Gasteiger partial charge in [-0.2, -0.15) is 0 Å². The molecule has 0 spiro atoms. The molecule has 2 rings (SSSR count). The topological polar surface area (TPSA) is 72.5 Å². The minimum atomic E-state index is -3.20. The summed E-state index contributed by atoms with van der Waals surface area (Å²) in [5.41, 5.74) is 0.698.